The van der Waals surface area contributed by atoms with E-state index in [2.05, 4.69) is 17.2 Å². The zero-order valence-electron chi connectivity index (χ0n) is 17.9. The largest absolute Gasteiger partial charge is 0.334 e. The molecule has 0 saturated carbocycles. The Bertz CT molecular complexity index is 1240. The van der Waals surface area contributed by atoms with Gasteiger partial charge in [0.15, 0.2) is 5.16 Å². The van der Waals surface area contributed by atoms with Crippen LogP contribution in [-0.4, -0.2) is 33.8 Å². The second-order valence-corrected chi connectivity index (χ2v) is 9.20. The summed E-state index contributed by atoms with van der Waals surface area (Å²) in [4.78, 5) is 43.9. The van der Waals surface area contributed by atoms with Crippen LogP contribution in [0.3, 0.4) is 0 Å². The predicted octanol–water partition coefficient (Wildman–Crippen LogP) is 3.78. The van der Waals surface area contributed by atoms with Gasteiger partial charge in [0.05, 0.1) is 16.8 Å². The normalized spacial score (nSPS) is 10.8. The van der Waals surface area contributed by atoms with Crippen molar-refractivity contribution in [1.29, 1.82) is 0 Å². The molecule has 3 rings (SSSR count). The van der Waals surface area contributed by atoms with Crippen molar-refractivity contribution in [1.82, 2.24) is 20.2 Å². The number of rotatable bonds is 6. The molecule has 9 heteroatoms. The van der Waals surface area contributed by atoms with Crippen molar-refractivity contribution in [2.45, 2.75) is 32.9 Å². The number of hydrogen-bond donors (Lipinski definition) is 2. The number of nitrogens with one attached hydrogen (secondary N) is 2. The molecule has 0 aliphatic rings. The lowest BCUT2D eigenvalue weighted by Gasteiger charge is -2.15. The topological polar surface area (TPSA) is 93.1 Å². The van der Waals surface area contributed by atoms with Crippen LogP contribution in [0, 0.1) is 27.7 Å². The van der Waals surface area contributed by atoms with Gasteiger partial charge >= 0.3 is 6.03 Å². The highest BCUT2D eigenvalue weighted by Gasteiger charge is 2.20. The summed E-state index contributed by atoms with van der Waals surface area (Å²) >= 11 is 2.58. The molecular weight excluding hydrogens is 432 g/mol. The molecule has 0 fully saturated rings. The number of carbonyl (C=O) groups excluding carboxylic acids is 2. The average Bonchev–Trinajstić information content (AvgIpc) is 3.01. The molecule has 7 nitrogen and oxygen atoms in total. The van der Waals surface area contributed by atoms with E-state index in [0.717, 1.165) is 39.0 Å². The minimum Gasteiger partial charge on any atom is -0.334 e. The first-order chi connectivity index (χ1) is 14.7. The van der Waals surface area contributed by atoms with Gasteiger partial charge in [0, 0.05) is 11.4 Å². The molecule has 0 unspecified atom stereocenters. The molecule has 3 aromatic rings. The van der Waals surface area contributed by atoms with Gasteiger partial charge in [0.2, 0.25) is 5.91 Å². The van der Waals surface area contributed by atoms with E-state index in [1.165, 1.54) is 17.4 Å². The third kappa shape index (κ3) is 4.72. The molecule has 0 aliphatic carbocycles. The number of nitrogens with zero attached hydrogens (tertiary/aromatic N) is 2. The van der Waals surface area contributed by atoms with Gasteiger partial charge in [0.25, 0.3) is 5.56 Å². The summed E-state index contributed by atoms with van der Waals surface area (Å²) in [7, 11) is 0. The van der Waals surface area contributed by atoms with Crippen LogP contribution in [0.4, 0.5) is 4.79 Å². The van der Waals surface area contributed by atoms with Crippen molar-refractivity contribution in [3.8, 4) is 5.69 Å². The van der Waals surface area contributed by atoms with Gasteiger partial charge in [-0.25, -0.2) is 9.78 Å². The zero-order chi connectivity index (χ0) is 22.7. The summed E-state index contributed by atoms with van der Waals surface area (Å²) in [5.41, 5.74) is 3.51. The van der Waals surface area contributed by atoms with Crippen molar-refractivity contribution in [2.24, 2.45) is 0 Å². The maximum absolute atomic E-state index is 13.5. The highest BCUT2D eigenvalue weighted by atomic mass is 32.2. The van der Waals surface area contributed by atoms with Gasteiger partial charge in [-0.15, -0.1) is 17.9 Å². The van der Waals surface area contributed by atoms with Gasteiger partial charge in [-0.2, -0.15) is 0 Å². The lowest BCUT2D eigenvalue weighted by atomic mass is 10.1. The Balaban J connectivity index is 2.03. The summed E-state index contributed by atoms with van der Waals surface area (Å²) < 4.78 is 1.57. The fourth-order valence-electron chi connectivity index (χ4n) is 3.06. The summed E-state index contributed by atoms with van der Waals surface area (Å²) in [6, 6.07) is 5.16. The van der Waals surface area contributed by atoms with Crippen molar-refractivity contribution < 1.29 is 9.59 Å². The van der Waals surface area contributed by atoms with Crippen molar-refractivity contribution in [2.75, 3.05) is 12.3 Å². The van der Waals surface area contributed by atoms with Gasteiger partial charge in [-0.1, -0.05) is 30.0 Å². The molecular formula is C22H24N4O3S2. The van der Waals surface area contributed by atoms with E-state index >= 15 is 0 Å². The Morgan fingerprint density at radius 2 is 1.97 bits per heavy atom. The van der Waals surface area contributed by atoms with Crippen LogP contribution in [-0.2, 0) is 4.79 Å². The molecule has 0 bridgehead atoms. The van der Waals surface area contributed by atoms with E-state index in [4.69, 9.17) is 4.98 Å². The molecule has 3 amide bonds. The van der Waals surface area contributed by atoms with Crippen molar-refractivity contribution in [3.05, 3.63) is 62.8 Å². The lowest BCUT2D eigenvalue weighted by molar-refractivity contribution is -0.117. The van der Waals surface area contributed by atoms with Gasteiger partial charge in [0.1, 0.15) is 4.83 Å². The van der Waals surface area contributed by atoms with Crippen LogP contribution in [0.1, 0.15) is 21.6 Å². The van der Waals surface area contributed by atoms with E-state index < -0.39 is 11.9 Å². The first-order valence-electron chi connectivity index (χ1n) is 9.65. The van der Waals surface area contributed by atoms with Crippen LogP contribution in [0.5, 0.6) is 0 Å². The molecule has 0 radical (unpaired) electrons. The Morgan fingerprint density at radius 3 is 2.68 bits per heavy atom. The summed E-state index contributed by atoms with van der Waals surface area (Å²) in [5.74, 6) is -0.542. The first-order valence-corrected chi connectivity index (χ1v) is 11.5. The Morgan fingerprint density at radius 1 is 1.23 bits per heavy atom. The number of urea groups is 1. The molecule has 1 aromatic carbocycles. The molecule has 2 aromatic heterocycles. The number of thioether (sulfide) groups is 1. The highest BCUT2D eigenvalue weighted by Crippen LogP contribution is 2.30. The summed E-state index contributed by atoms with van der Waals surface area (Å²) in [6.07, 6.45) is 1.52. The molecule has 0 aliphatic heterocycles. The van der Waals surface area contributed by atoms with E-state index in [-0.39, 0.29) is 17.9 Å². The van der Waals surface area contributed by atoms with Crippen LogP contribution in [0.15, 0.2) is 40.8 Å². The lowest BCUT2D eigenvalue weighted by Crippen LogP contribution is -2.40. The molecule has 2 heterocycles. The van der Waals surface area contributed by atoms with Crippen molar-refractivity contribution >= 4 is 45.3 Å². The number of benzene rings is 1. The smallest absolute Gasteiger partial charge is 0.321 e. The van der Waals surface area contributed by atoms with Gasteiger partial charge < -0.3 is 5.32 Å². The van der Waals surface area contributed by atoms with Gasteiger partial charge in [-0.3, -0.25) is 19.5 Å². The molecule has 2 N–H and O–H groups in total. The summed E-state index contributed by atoms with van der Waals surface area (Å²) in [6.45, 7) is 11.6. The number of imide groups is 1. The van der Waals surface area contributed by atoms with E-state index in [0.29, 0.717) is 15.4 Å². The Kier molecular flexibility index (Phi) is 6.97. The number of amides is 3. The predicted molar refractivity (Wildman–Crippen MR) is 127 cm³/mol. The maximum Gasteiger partial charge on any atom is 0.321 e. The highest BCUT2D eigenvalue weighted by molar-refractivity contribution is 7.99. The Labute approximate surface area is 188 Å². The SMILES string of the molecule is C=CCNC(=O)NC(=O)CSc1nc2sc(C)c(C)c2c(=O)n1-c1cccc(C)c1C. The quantitative estimate of drug-likeness (QED) is 0.334. The fourth-order valence-corrected chi connectivity index (χ4v) is 4.94. The standard InChI is InChI=1S/C22H24N4O3S2/c1-6-10-23-21(29)24-17(27)11-30-22-25-19-18(14(4)15(5)31-19)20(28)26(22)16-9-7-8-12(2)13(16)3/h6-9H,1,10-11H2,2-5H3,(H2,23,24,27,29). The summed E-state index contributed by atoms with van der Waals surface area (Å²) in [5, 5.41) is 5.76. The Hall–Kier alpha value is -2.91. The number of carbonyl (C=O) groups is 2. The monoisotopic (exact) mass is 456 g/mol. The molecule has 31 heavy (non-hydrogen) atoms. The molecule has 162 valence electrons. The van der Waals surface area contributed by atoms with Crippen molar-refractivity contribution in [3.63, 3.8) is 0 Å². The first kappa shape index (κ1) is 22.8. The number of hydrogen-bond acceptors (Lipinski definition) is 6. The van der Waals surface area contributed by atoms with E-state index in [1.54, 1.807) is 4.57 Å². The van der Waals surface area contributed by atoms with Crippen LogP contribution in [0.25, 0.3) is 15.9 Å². The third-order valence-corrected chi connectivity index (χ3v) is 7.02. The number of fused-ring (bicyclic) bond motifs is 1. The third-order valence-electron chi connectivity index (χ3n) is 4.98. The number of aryl methyl sites for hydroxylation is 3. The second-order valence-electron chi connectivity index (χ2n) is 7.05. The molecule has 0 saturated heterocycles. The van der Waals surface area contributed by atoms with Crippen LogP contribution in [0.2, 0.25) is 0 Å². The number of aromatic nitrogens is 2. The minimum absolute atomic E-state index is 0.0618. The van der Waals surface area contributed by atoms with E-state index in [1.807, 2.05) is 45.9 Å². The van der Waals surface area contributed by atoms with Crippen LogP contribution >= 0.6 is 23.1 Å². The maximum atomic E-state index is 13.5. The number of thiophene rings is 1. The minimum atomic E-state index is -0.592. The second kappa shape index (κ2) is 9.49. The zero-order valence-corrected chi connectivity index (χ0v) is 19.5. The van der Waals surface area contributed by atoms with Gasteiger partial charge in [-0.05, 0) is 50.5 Å². The molecule has 0 spiro atoms. The average molecular weight is 457 g/mol. The fraction of sp³-hybridized carbons (Fsp3) is 0.273. The van der Waals surface area contributed by atoms with E-state index in [9.17, 15) is 14.4 Å². The molecule has 0 atom stereocenters. The van der Waals surface area contributed by atoms with Crippen LogP contribution < -0.4 is 16.2 Å².